The second-order valence-electron chi connectivity index (χ2n) is 13.8. The summed E-state index contributed by atoms with van der Waals surface area (Å²) in [5, 5.41) is 6.17. The van der Waals surface area contributed by atoms with Crippen molar-refractivity contribution in [3.05, 3.63) is 40.9 Å². The number of anilines is 1. The highest BCUT2D eigenvalue weighted by molar-refractivity contribution is 6.34. The molecule has 49 heavy (non-hydrogen) atoms. The van der Waals surface area contributed by atoms with Gasteiger partial charge in [-0.1, -0.05) is 23.8 Å². The van der Waals surface area contributed by atoms with Crippen LogP contribution in [0.3, 0.4) is 0 Å². The minimum Gasteiger partial charge on any atom is -0.461 e. The number of carbonyl (C=O) groups excluding carboxylic acids is 1. The van der Waals surface area contributed by atoms with E-state index >= 15 is 4.39 Å². The number of benzene rings is 1. The fourth-order valence-corrected chi connectivity index (χ4v) is 8.49. The monoisotopic (exact) mass is 691 g/mol. The molecule has 0 bridgehead atoms. The second-order valence-corrected chi connectivity index (χ2v) is 14.2. The maximum Gasteiger partial charge on any atom is 0.319 e. The van der Waals surface area contributed by atoms with Crippen LogP contribution in [-0.2, 0) is 9.53 Å². The van der Waals surface area contributed by atoms with Crippen molar-refractivity contribution < 1.29 is 23.0 Å². The van der Waals surface area contributed by atoms with Gasteiger partial charge >= 0.3 is 6.01 Å². The van der Waals surface area contributed by atoms with Crippen LogP contribution in [0.15, 0.2) is 24.5 Å². The number of ketones is 1. The van der Waals surface area contributed by atoms with Gasteiger partial charge in [0.05, 0.1) is 34.2 Å². The van der Waals surface area contributed by atoms with Crippen LogP contribution < -0.4 is 9.64 Å². The summed E-state index contributed by atoms with van der Waals surface area (Å²) in [6.07, 6.45) is 12.9. The smallest absolute Gasteiger partial charge is 0.319 e. The number of allylic oxidation sites excluding steroid dienone is 1. The number of halogens is 3. The number of aromatic nitrogens is 5. The molecule has 0 N–H and O–H groups in total. The van der Waals surface area contributed by atoms with E-state index in [1.54, 1.807) is 12.4 Å². The highest BCUT2D eigenvalue weighted by Crippen LogP contribution is 2.43. The van der Waals surface area contributed by atoms with E-state index in [1.807, 2.05) is 34.7 Å². The number of ether oxygens (including phenoxy) is 2. The SMILES string of the molecule is C/C=C\c1c(Cl)cc2c(cnn2C2CCCCO2)c1-c1ncc2c(N3CCCCC(=O)C3)nc(OC[C@@]34CCCN3C[C@H](F)C4)nc2c1F. The van der Waals surface area contributed by atoms with Crippen LogP contribution in [0.1, 0.15) is 76.5 Å². The Morgan fingerprint density at radius 1 is 1.14 bits per heavy atom. The lowest BCUT2D eigenvalue weighted by molar-refractivity contribution is -0.117. The molecule has 1 unspecified atom stereocenters. The Hall–Kier alpha value is -3.74. The Labute approximate surface area is 288 Å². The Morgan fingerprint density at radius 2 is 2.04 bits per heavy atom. The number of carbonyl (C=O) groups is 1. The maximum atomic E-state index is 17.2. The van der Waals surface area contributed by atoms with Gasteiger partial charge in [-0.05, 0) is 64.5 Å². The van der Waals surface area contributed by atoms with Crippen molar-refractivity contribution in [2.45, 2.75) is 82.6 Å². The molecule has 1 aromatic carbocycles. The zero-order chi connectivity index (χ0) is 33.7. The van der Waals surface area contributed by atoms with Gasteiger partial charge in [-0.2, -0.15) is 15.1 Å². The van der Waals surface area contributed by atoms with Gasteiger partial charge in [-0.15, -0.1) is 0 Å². The molecule has 0 radical (unpaired) electrons. The van der Waals surface area contributed by atoms with Gasteiger partial charge < -0.3 is 14.4 Å². The van der Waals surface area contributed by atoms with Crippen LogP contribution in [0.5, 0.6) is 6.01 Å². The van der Waals surface area contributed by atoms with Crippen LogP contribution in [0.25, 0.3) is 39.1 Å². The Kier molecular flexibility index (Phi) is 8.74. The predicted molar refractivity (Wildman–Crippen MR) is 184 cm³/mol. The van der Waals surface area contributed by atoms with E-state index < -0.39 is 17.5 Å². The first-order valence-electron chi connectivity index (χ1n) is 17.4. The number of nitrogens with zero attached hydrogens (tertiary/aromatic N) is 7. The average Bonchev–Trinajstić information content (AvgIpc) is 3.72. The summed E-state index contributed by atoms with van der Waals surface area (Å²) in [6.45, 7) is 4.65. The summed E-state index contributed by atoms with van der Waals surface area (Å²) in [7, 11) is 0. The lowest BCUT2D eigenvalue weighted by atomic mass is 9.95. The van der Waals surface area contributed by atoms with E-state index in [4.69, 9.17) is 31.0 Å². The summed E-state index contributed by atoms with van der Waals surface area (Å²) < 4.78 is 45.9. The van der Waals surface area contributed by atoms with E-state index in [0.29, 0.717) is 65.3 Å². The Morgan fingerprint density at radius 3 is 2.88 bits per heavy atom. The average molecular weight is 692 g/mol. The maximum absolute atomic E-state index is 17.2. The molecule has 3 aromatic heterocycles. The minimum absolute atomic E-state index is 0.00837. The molecule has 4 aromatic rings. The third-order valence-corrected chi connectivity index (χ3v) is 10.9. The summed E-state index contributed by atoms with van der Waals surface area (Å²) in [5.41, 5.74) is 1.48. The van der Waals surface area contributed by atoms with E-state index in [2.05, 4.69) is 15.0 Å². The molecular weight excluding hydrogens is 652 g/mol. The molecule has 4 aliphatic rings. The molecule has 4 fully saturated rings. The Balaban J connectivity index is 1.28. The quantitative estimate of drug-likeness (QED) is 0.201. The first-order valence-corrected chi connectivity index (χ1v) is 17.8. The van der Waals surface area contributed by atoms with Gasteiger partial charge in [0.1, 0.15) is 29.8 Å². The zero-order valence-corrected chi connectivity index (χ0v) is 28.4. The van der Waals surface area contributed by atoms with E-state index in [0.717, 1.165) is 57.0 Å². The molecule has 0 saturated carbocycles. The second kappa shape index (κ2) is 13.2. The Bertz CT molecular complexity index is 1950. The van der Waals surface area contributed by atoms with Crippen LogP contribution in [0.4, 0.5) is 14.6 Å². The lowest BCUT2D eigenvalue weighted by Gasteiger charge is -2.31. The minimum atomic E-state index is -0.916. The molecule has 0 spiro atoms. The first kappa shape index (κ1) is 32.5. The van der Waals surface area contributed by atoms with Gasteiger partial charge in [0.25, 0.3) is 0 Å². The first-order chi connectivity index (χ1) is 23.8. The number of fused-ring (bicyclic) bond motifs is 3. The molecule has 0 aliphatic carbocycles. The third-order valence-electron chi connectivity index (χ3n) is 10.6. The molecule has 3 atom stereocenters. The van der Waals surface area contributed by atoms with Gasteiger partial charge in [-0.3, -0.25) is 14.7 Å². The number of hydrogen-bond acceptors (Lipinski definition) is 9. The summed E-state index contributed by atoms with van der Waals surface area (Å²) in [5.74, 6) is -0.169. The van der Waals surface area contributed by atoms with Gasteiger partial charge in [0.15, 0.2) is 17.8 Å². The van der Waals surface area contributed by atoms with Crippen molar-refractivity contribution in [2.75, 3.05) is 44.3 Å². The van der Waals surface area contributed by atoms with Crippen LogP contribution >= 0.6 is 11.6 Å². The highest BCUT2D eigenvalue weighted by atomic mass is 35.5. The molecule has 8 rings (SSSR count). The standard InChI is InChI=1S/C36H40ClF2N7O3/c1-2-8-24-27(37)15-28-25(18-41-46(28)29-10-4-6-14-48-29)30(24)33-31(39)32-26(17-40-33)34(44-12-5-3-9-23(47)20-44)43-35(42-32)49-21-36-11-7-13-45(36)19-22(38)16-36/h2,8,15,17-18,22,29H,3-7,9-14,16,19-21H2,1H3/b8-2-/t22-,29?,36+/m1/s1. The molecule has 4 saturated heterocycles. The van der Waals surface area contributed by atoms with Gasteiger partial charge in [-0.25, -0.2) is 13.5 Å². The third kappa shape index (κ3) is 5.85. The van der Waals surface area contributed by atoms with Gasteiger partial charge in [0, 0.05) is 55.2 Å². The number of Topliss-reactive ketones (excluding diaryl/α,β-unsaturated/α-hetero) is 1. The number of pyridine rings is 1. The summed E-state index contributed by atoms with van der Waals surface area (Å²) in [6, 6.07) is 1.84. The predicted octanol–water partition coefficient (Wildman–Crippen LogP) is 7.08. The fourth-order valence-electron chi connectivity index (χ4n) is 8.23. The largest absolute Gasteiger partial charge is 0.461 e. The molecule has 13 heteroatoms. The summed E-state index contributed by atoms with van der Waals surface area (Å²) >= 11 is 6.92. The topological polar surface area (TPSA) is 98.5 Å². The van der Waals surface area contributed by atoms with Crippen LogP contribution in [0, 0.1) is 5.82 Å². The molecular formula is C36H40ClF2N7O3. The fraction of sp³-hybridized carbons (Fsp3) is 0.528. The van der Waals surface area contributed by atoms with Crippen molar-refractivity contribution in [2.24, 2.45) is 0 Å². The van der Waals surface area contributed by atoms with E-state index in [1.165, 1.54) is 0 Å². The van der Waals surface area contributed by atoms with Crippen molar-refractivity contribution in [1.29, 1.82) is 0 Å². The molecule has 7 heterocycles. The number of alkyl halides is 1. The van der Waals surface area contributed by atoms with Crippen molar-refractivity contribution in [3.8, 4) is 17.3 Å². The van der Waals surface area contributed by atoms with Crippen molar-refractivity contribution >= 4 is 51.1 Å². The number of hydrogen-bond donors (Lipinski definition) is 0. The zero-order valence-electron chi connectivity index (χ0n) is 27.6. The van der Waals surface area contributed by atoms with Crippen molar-refractivity contribution in [1.82, 2.24) is 29.6 Å². The van der Waals surface area contributed by atoms with E-state index in [9.17, 15) is 9.18 Å². The van der Waals surface area contributed by atoms with Gasteiger partial charge in [0.2, 0.25) is 0 Å². The van der Waals surface area contributed by atoms with Crippen LogP contribution in [-0.4, -0.2) is 86.5 Å². The molecule has 10 nitrogen and oxygen atoms in total. The van der Waals surface area contributed by atoms with Crippen LogP contribution in [0.2, 0.25) is 5.02 Å². The summed E-state index contributed by atoms with van der Waals surface area (Å²) in [4.78, 5) is 30.9. The lowest BCUT2D eigenvalue weighted by Crippen LogP contribution is -2.43. The highest BCUT2D eigenvalue weighted by Gasteiger charge is 2.49. The molecule has 0 amide bonds. The van der Waals surface area contributed by atoms with E-state index in [-0.39, 0.29) is 42.4 Å². The van der Waals surface area contributed by atoms with Crippen molar-refractivity contribution in [3.63, 3.8) is 0 Å². The molecule has 258 valence electrons. The molecule has 4 aliphatic heterocycles. The number of rotatable bonds is 7. The normalized spacial score (nSPS) is 25.1.